The molecule has 3 aromatic rings. The molecule has 0 bridgehead atoms. The zero-order valence-electron chi connectivity index (χ0n) is 12.4. The predicted octanol–water partition coefficient (Wildman–Crippen LogP) is 3.65. The standard InChI is InChI=1S/C18H19N2/c1-12-10-13(2)14(3)16(11-12)18-17-15(6-5-8-19-17)7-9-20(18)4/h5-11H,1-4H3/q+1. The second-order valence-corrected chi connectivity index (χ2v) is 5.47. The Hall–Kier alpha value is -2.22. The Bertz CT molecular complexity index is 804. The van der Waals surface area contributed by atoms with Crippen LogP contribution in [0.15, 0.2) is 42.7 Å². The van der Waals surface area contributed by atoms with Gasteiger partial charge in [-0.1, -0.05) is 17.7 Å². The molecule has 2 heteroatoms. The summed E-state index contributed by atoms with van der Waals surface area (Å²) in [5, 5.41) is 1.18. The van der Waals surface area contributed by atoms with Crippen molar-refractivity contribution in [2.75, 3.05) is 0 Å². The van der Waals surface area contributed by atoms with Crippen LogP contribution in [0.3, 0.4) is 0 Å². The fourth-order valence-electron chi connectivity index (χ4n) is 2.79. The van der Waals surface area contributed by atoms with Crippen LogP contribution < -0.4 is 4.57 Å². The van der Waals surface area contributed by atoms with Crippen molar-refractivity contribution in [3.63, 3.8) is 0 Å². The minimum atomic E-state index is 1.06. The van der Waals surface area contributed by atoms with Gasteiger partial charge in [-0.25, -0.2) is 4.98 Å². The summed E-state index contributed by atoms with van der Waals surface area (Å²) in [6, 6.07) is 10.7. The lowest BCUT2D eigenvalue weighted by Gasteiger charge is -2.10. The van der Waals surface area contributed by atoms with E-state index in [-0.39, 0.29) is 0 Å². The van der Waals surface area contributed by atoms with Crippen LogP contribution in [-0.2, 0) is 7.05 Å². The summed E-state index contributed by atoms with van der Waals surface area (Å²) in [7, 11) is 2.08. The Balaban J connectivity index is 2.43. The molecule has 0 atom stereocenters. The van der Waals surface area contributed by atoms with Crippen LogP contribution >= 0.6 is 0 Å². The van der Waals surface area contributed by atoms with Crippen molar-refractivity contribution in [2.24, 2.45) is 7.05 Å². The van der Waals surface area contributed by atoms with Gasteiger partial charge >= 0.3 is 0 Å². The Morgan fingerprint density at radius 1 is 1.05 bits per heavy atom. The zero-order chi connectivity index (χ0) is 14.3. The minimum absolute atomic E-state index is 1.06. The van der Waals surface area contributed by atoms with Crippen molar-refractivity contribution < 1.29 is 4.57 Å². The van der Waals surface area contributed by atoms with Gasteiger partial charge in [0.15, 0.2) is 6.20 Å². The van der Waals surface area contributed by atoms with Crippen LogP contribution in [0.4, 0.5) is 0 Å². The maximum atomic E-state index is 4.60. The Morgan fingerprint density at radius 3 is 2.65 bits per heavy atom. The van der Waals surface area contributed by atoms with Crippen LogP contribution in [0.1, 0.15) is 16.7 Å². The molecule has 20 heavy (non-hydrogen) atoms. The van der Waals surface area contributed by atoms with Crippen molar-refractivity contribution in [3.8, 4) is 11.3 Å². The number of aromatic nitrogens is 2. The molecule has 0 N–H and O–H groups in total. The monoisotopic (exact) mass is 263 g/mol. The van der Waals surface area contributed by atoms with Gasteiger partial charge in [-0.2, -0.15) is 4.57 Å². The van der Waals surface area contributed by atoms with Crippen LogP contribution in [0.2, 0.25) is 0 Å². The number of pyridine rings is 2. The van der Waals surface area contributed by atoms with Gasteiger partial charge < -0.3 is 0 Å². The molecule has 0 saturated carbocycles. The van der Waals surface area contributed by atoms with E-state index in [1.165, 1.54) is 33.3 Å². The molecule has 0 unspecified atom stereocenters. The average Bonchev–Trinajstić information content (AvgIpc) is 2.43. The Labute approximate surface area is 119 Å². The number of nitrogens with zero attached hydrogens (tertiary/aromatic N) is 2. The third kappa shape index (κ3) is 1.97. The molecule has 0 radical (unpaired) electrons. The second-order valence-electron chi connectivity index (χ2n) is 5.47. The largest absolute Gasteiger partial charge is 0.249 e. The minimum Gasteiger partial charge on any atom is -0.249 e. The number of hydrogen-bond acceptors (Lipinski definition) is 1. The molecule has 0 amide bonds. The number of aryl methyl sites for hydroxylation is 3. The van der Waals surface area contributed by atoms with E-state index in [0.717, 1.165) is 5.52 Å². The van der Waals surface area contributed by atoms with E-state index in [1.54, 1.807) is 0 Å². The SMILES string of the molecule is Cc1cc(C)c(C)c(-c2c3ncccc3cc[n+]2C)c1. The van der Waals surface area contributed by atoms with Gasteiger partial charge in [0.1, 0.15) is 12.6 Å². The van der Waals surface area contributed by atoms with Crippen molar-refractivity contribution in [1.29, 1.82) is 0 Å². The van der Waals surface area contributed by atoms with Gasteiger partial charge in [0, 0.05) is 17.6 Å². The first kappa shape index (κ1) is 12.8. The third-order valence-electron chi connectivity index (χ3n) is 3.96. The lowest BCUT2D eigenvalue weighted by atomic mass is 9.96. The normalized spacial score (nSPS) is 11.0. The van der Waals surface area contributed by atoms with Crippen LogP contribution in [-0.4, -0.2) is 4.98 Å². The molecule has 0 aliphatic heterocycles. The van der Waals surface area contributed by atoms with E-state index in [2.05, 4.69) is 67.8 Å². The van der Waals surface area contributed by atoms with Crippen LogP contribution in [0.25, 0.3) is 22.2 Å². The lowest BCUT2D eigenvalue weighted by Crippen LogP contribution is -2.31. The van der Waals surface area contributed by atoms with E-state index >= 15 is 0 Å². The molecular formula is C18H19N2+. The van der Waals surface area contributed by atoms with Gasteiger partial charge in [-0.15, -0.1) is 0 Å². The molecule has 0 aliphatic carbocycles. The zero-order valence-corrected chi connectivity index (χ0v) is 12.4. The van der Waals surface area contributed by atoms with E-state index < -0.39 is 0 Å². The maximum Gasteiger partial charge on any atom is 0.239 e. The van der Waals surface area contributed by atoms with Gasteiger partial charge in [0.25, 0.3) is 0 Å². The first-order valence-electron chi connectivity index (χ1n) is 6.89. The molecule has 0 fully saturated rings. The second kappa shape index (κ2) is 4.71. The Morgan fingerprint density at radius 2 is 1.85 bits per heavy atom. The molecule has 0 saturated heterocycles. The van der Waals surface area contributed by atoms with Gasteiger partial charge in [0.05, 0.1) is 5.56 Å². The highest BCUT2D eigenvalue weighted by molar-refractivity contribution is 5.90. The highest BCUT2D eigenvalue weighted by Crippen LogP contribution is 2.28. The maximum absolute atomic E-state index is 4.60. The molecule has 0 spiro atoms. The molecule has 0 aliphatic rings. The summed E-state index contributed by atoms with van der Waals surface area (Å²) in [6.45, 7) is 6.50. The van der Waals surface area contributed by atoms with Gasteiger partial charge in [-0.3, -0.25) is 0 Å². The van der Waals surface area contributed by atoms with Crippen LogP contribution in [0.5, 0.6) is 0 Å². The van der Waals surface area contributed by atoms with E-state index in [1.807, 2.05) is 12.3 Å². The summed E-state index contributed by atoms with van der Waals surface area (Å²) < 4.78 is 2.16. The summed E-state index contributed by atoms with van der Waals surface area (Å²) in [5.74, 6) is 0. The highest BCUT2D eigenvalue weighted by Gasteiger charge is 2.18. The van der Waals surface area contributed by atoms with Gasteiger partial charge in [0.2, 0.25) is 5.69 Å². The van der Waals surface area contributed by atoms with E-state index in [4.69, 9.17) is 0 Å². The predicted molar refractivity (Wildman–Crippen MR) is 82.6 cm³/mol. The first-order chi connectivity index (χ1) is 9.58. The molecule has 1 aromatic carbocycles. The number of rotatable bonds is 1. The van der Waals surface area contributed by atoms with Crippen molar-refractivity contribution in [1.82, 2.24) is 4.98 Å². The topological polar surface area (TPSA) is 16.8 Å². The first-order valence-corrected chi connectivity index (χ1v) is 6.89. The molecule has 2 heterocycles. The highest BCUT2D eigenvalue weighted by atomic mass is 14.9. The Kier molecular flexibility index (Phi) is 3.01. The van der Waals surface area contributed by atoms with Crippen molar-refractivity contribution in [2.45, 2.75) is 20.8 Å². The number of benzene rings is 1. The molecule has 2 nitrogen and oxygen atoms in total. The fourth-order valence-corrected chi connectivity index (χ4v) is 2.79. The molecular weight excluding hydrogens is 244 g/mol. The van der Waals surface area contributed by atoms with Crippen molar-refractivity contribution in [3.05, 3.63) is 59.4 Å². The van der Waals surface area contributed by atoms with Crippen LogP contribution in [0, 0.1) is 20.8 Å². The number of fused-ring (bicyclic) bond motifs is 1. The quantitative estimate of drug-likeness (QED) is 0.612. The lowest BCUT2D eigenvalue weighted by molar-refractivity contribution is -0.659. The summed E-state index contributed by atoms with van der Waals surface area (Å²) >= 11 is 0. The van der Waals surface area contributed by atoms with E-state index in [9.17, 15) is 0 Å². The van der Waals surface area contributed by atoms with E-state index in [0.29, 0.717) is 0 Å². The van der Waals surface area contributed by atoms with Crippen molar-refractivity contribution >= 4 is 10.9 Å². The summed E-state index contributed by atoms with van der Waals surface area (Å²) in [5.41, 5.74) is 7.46. The third-order valence-corrected chi connectivity index (χ3v) is 3.96. The molecule has 100 valence electrons. The van der Waals surface area contributed by atoms with Gasteiger partial charge in [-0.05, 0) is 44.0 Å². The fraction of sp³-hybridized carbons (Fsp3) is 0.222. The smallest absolute Gasteiger partial charge is 0.239 e. The average molecular weight is 263 g/mol. The number of hydrogen-bond donors (Lipinski definition) is 0. The summed E-state index contributed by atoms with van der Waals surface area (Å²) in [4.78, 5) is 4.60. The summed E-state index contributed by atoms with van der Waals surface area (Å²) in [6.07, 6.45) is 3.97. The molecule has 3 rings (SSSR count). The molecule has 2 aromatic heterocycles.